The van der Waals surface area contributed by atoms with E-state index in [0.29, 0.717) is 30.2 Å². The standard InChI is InChI=1S/C21H20FN3O2/c22-18-10-8-16(9-11-18)21-23-20(24-27-21)17-7-4-12-25(19(26)13-17)14-15-5-2-1-3-6-15/h1-3,5-6,8-11,17H,4,7,12-14H2. The third-order valence-electron chi connectivity index (χ3n) is 4.87. The van der Waals surface area contributed by atoms with Crippen molar-refractivity contribution >= 4 is 5.91 Å². The maximum Gasteiger partial charge on any atom is 0.257 e. The molecule has 2 heterocycles. The minimum atomic E-state index is -0.314. The lowest BCUT2D eigenvalue weighted by atomic mass is 10.00. The Morgan fingerprint density at radius 2 is 1.89 bits per heavy atom. The zero-order chi connectivity index (χ0) is 18.6. The summed E-state index contributed by atoms with van der Waals surface area (Å²) in [6, 6.07) is 15.9. The van der Waals surface area contributed by atoms with Crippen molar-refractivity contribution in [1.82, 2.24) is 15.0 Å². The first kappa shape index (κ1) is 17.4. The van der Waals surface area contributed by atoms with Gasteiger partial charge in [-0.2, -0.15) is 4.98 Å². The lowest BCUT2D eigenvalue weighted by Gasteiger charge is -2.20. The van der Waals surface area contributed by atoms with E-state index in [0.717, 1.165) is 24.9 Å². The number of hydrogen-bond donors (Lipinski definition) is 0. The second kappa shape index (κ2) is 7.70. The zero-order valence-corrected chi connectivity index (χ0v) is 14.8. The van der Waals surface area contributed by atoms with E-state index in [4.69, 9.17) is 4.52 Å². The molecule has 27 heavy (non-hydrogen) atoms. The molecule has 3 aromatic rings. The summed E-state index contributed by atoms with van der Waals surface area (Å²) in [5.74, 6) is 0.629. The Balaban J connectivity index is 1.46. The molecule has 4 rings (SSSR count). The largest absolute Gasteiger partial charge is 0.338 e. The summed E-state index contributed by atoms with van der Waals surface area (Å²) < 4.78 is 18.4. The summed E-state index contributed by atoms with van der Waals surface area (Å²) in [6.07, 6.45) is 2.10. The van der Waals surface area contributed by atoms with Gasteiger partial charge in [0.2, 0.25) is 5.91 Å². The van der Waals surface area contributed by atoms with Crippen molar-refractivity contribution in [1.29, 1.82) is 0 Å². The van der Waals surface area contributed by atoms with Crippen molar-refractivity contribution in [2.45, 2.75) is 31.7 Å². The predicted molar refractivity (Wildman–Crippen MR) is 98.1 cm³/mol. The molecule has 1 unspecified atom stereocenters. The number of halogens is 1. The van der Waals surface area contributed by atoms with E-state index in [1.807, 2.05) is 35.2 Å². The molecule has 2 aromatic carbocycles. The van der Waals surface area contributed by atoms with E-state index in [2.05, 4.69) is 10.1 Å². The predicted octanol–water partition coefficient (Wildman–Crippen LogP) is 4.17. The van der Waals surface area contributed by atoms with Gasteiger partial charge >= 0.3 is 0 Å². The Bertz CT molecular complexity index is 909. The average Bonchev–Trinajstić information content (AvgIpc) is 3.10. The third-order valence-corrected chi connectivity index (χ3v) is 4.87. The van der Waals surface area contributed by atoms with Gasteiger partial charge in [0.1, 0.15) is 5.82 Å². The van der Waals surface area contributed by atoms with Crippen LogP contribution in [0.2, 0.25) is 0 Å². The first-order valence-corrected chi connectivity index (χ1v) is 9.10. The van der Waals surface area contributed by atoms with Crippen LogP contribution in [-0.2, 0) is 11.3 Å². The van der Waals surface area contributed by atoms with E-state index in [1.54, 1.807) is 12.1 Å². The van der Waals surface area contributed by atoms with Crippen molar-refractivity contribution in [3.8, 4) is 11.5 Å². The number of hydrogen-bond acceptors (Lipinski definition) is 4. The maximum atomic E-state index is 13.1. The fourth-order valence-corrected chi connectivity index (χ4v) is 3.40. The van der Waals surface area contributed by atoms with Crippen LogP contribution in [0.4, 0.5) is 4.39 Å². The van der Waals surface area contributed by atoms with Gasteiger partial charge in [-0.15, -0.1) is 0 Å². The van der Waals surface area contributed by atoms with Crippen LogP contribution < -0.4 is 0 Å². The Kier molecular flexibility index (Phi) is 4.96. The van der Waals surface area contributed by atoms with Gasteiger partial charge in [-0.25, -0.2) is 4.39 Å². The van der Waals surface area contributed by atoms with E-state index < -0.39 is 0 Å². The molecule has 0 aliphatic carbocycles. The highest BCUT2D eigenvalue weighted by Crippen LogP contribution is 2.29. The summed E-state index contributed by atoms with van der Waals surface area (Å²) >= 11 is 0. The molecular weight excluding hydrogens is 345 g/mol. The highest BCUT2D eigenvalue weighted by Gasteiger charge is 2.28. The van der Waals surface area contributed by atoms with Crippen LogP contribution in [0.25, 0.3) is 11.5 Å². The highest BCUT2D eigenvalue weighted by atomic mass is 19.1. The van der Waals surface area contributed by atoms with Gasteiger partial charge in [0, 0.05) is 31.0 Å². The molecule has 1 aromatic heterocycles. The number of rotatable bonds is 4. The van der Waals surface area contributed by atoms with E-state index in [-0.39, 0.29) is 17.6 Å². The highest BCUT2D eigenvalue weighted by molar-refractivity contribution is 5.77. The van der Waals surface area contributed by atoms with Gasteiger partial charge in [0.25, 0.3) is 5.89 Å². The van der Waals surface area contributed by atoms with Crippen LogP contribution in [0.3, 0.4) is 0 Å². The molecule has 1 fully saturated rings. The molecule has 1 aliphatic rings. The van der Waals surface area contributed by atoms with Crippen molar-refractivity contribution in [2.24, 2.45) is 0 Å². The lowest BCUT2D eigenvalue weighted by Crippen LogP contribution is -2.30. The Hall–Kier alpha value is -3.02. The molecule has 5 nitrogen and oxygen atoms in total. The molecule has 1 aliphatic heterocycles. The zero-order valence-electron chi connectivity index (χ0n) is 14.8. The molecule has 0 radical (unpaired) electrons. The minimum absolute atomic E-state index is 0.0591. The van der Waals surface area contributed by atoms with E-state index in [9.17, 15) is 9.18 Å². The molecule has 1 saturated heterocycles. The molecular formula is C21H20FN3O2. The van der Waals surface area contributed by atoms with Crippen molar-refractivity contribution in [2.75, 3.05) is 6.54 Å². The van der Waals surface area contributed by atoms with Crippen LogP contribution in [0, 0.1) is 5.82 Å². The van der Waals surface area contributed by atoms with Gasteiger partial charge < -0.3 is 9.42 Å². The average molecular weight is 365 g/mol. The Morgan fingerprint density at radius 1 is 1.11 bits per heavy atom. The fourth-order valence-electron chi connectivity index (χ4n) is 3.40. The first-order valence-electron chi connectivity index (χ1n) is 9.10. The minimum Gasteiger partial charge on any atom is -0.338 e. The summed E-state index contributed by atoms with van der Waals surface area (Å²) in [5, 5.41) is 4.07. The van der Waals surface area contributed by atoms with Crippen LogP contribution in [-0.4, -0.2) is 27.5 Å². The van der Waals surface area contributed by atoms with Crippen molar-refractivity contribution < 1.29 is 13.7 Å². The van der Waals surface area contributed by atoms with Crippen LogP contribution in [0.1, 0.15) is 36.6 Å². The third kappa shape index (κ3) is 4.05. The number of aromatic nitrogens is 2. The number of benzene rings is 2. The Labute approximate surface area is 156 Å². The summed E-state index contributed by atoms with van der Waals surface area (Å²) in [5.41, 5.74) is 1.79. The number of carbonyl (C=O) groups is 1. The topological polar surface area (TPSA) is 59.2 Å². The SMILES string of the molecule is O=C1CC(c2noc(-c3ccc(F)cc3)n2)CCCN1Cc1ccccc1. The van der Waals surface area contributed by atoms with Crippen LogP contribution in [0.5, 0.6) is 0 Å². The Morgan fingerprint density at radius 3 is 2.67 bits per heavy atom. The number of nitrogens with zero attached hydrogens (tertiary/aromatic N) is 3. The lowest BCUT2D eigenvalue weighted by molar-refractivity contribution is -0.131. The van der Waals surface area contributed by atoms with Gasteiger partial charge in [-0.3, -0.25) is 4.79 Å². The molecule has 0 bridgehead atoms. The quantitative estimate of drug-likeness (QED) is 0.696. The number of carbonyl (C=O) groups excluding carboxylic acids is 1. The maximum absolute atomic E-state index is 13.1. The molecule has 1 amide bonds. The van der Waals surface area contributed by atoms with Gasteiger partial charge in [-0.05, 0) is 42.7 Å². The number of amides is 1. The van der Waals surface area contributed by atoms with Crippen LogP contribution in [0.15, 0.2) is 59.1 Å². The summed E-state index contributed by atoms with van der Waals surface area (Å²) in [7, 11) is 0. The second-order valence-corrected chi connectivity index (χ2v) is 6.81. The fraction of sp³-hybridized carbons (Fsp3) is 0.286. The van der Waals surface area contributed by atoms with Gasteiger partial charge in [0.05, 0.1) is 0 Å². The monoisotopic (exact) mass is 365 g/mol. The molecule has 6 heteroatoms. The van der Waals surface area contributed by atoms with Gasteiger partial charge in [0.15, 0.2) is 5.82 Å². The summed E-state index contributed by atoms with van der Waals surface area (Å²) in [6.45, 7) is 1.35. The molecule has 0 N–H and O–H groups in total. The normalized spacial score (nSPS) is 17.7. The van der Waals surface area contributed by atoms with Crippen molar-refractivity contribution in [3.05, 3.63) is 71.8 Å². The van der Waals surface area contributed by atoms with Gasteiger partial charge in [-0.1, -0.05) is 35.5 Å². The smallest absolute Gasteiger partial charge is 0.257 e. The van der Waals surface area contributed by atoms with Crippen LogP contribution >= 0.6 is 0 Å². The molecule has 0 spiro atoms. The first-order chi connectivity index (χ1) is 13.2. The van der Waals surface area contributed by atoms with E-state index >= 15 is 0 Å². The molecule has 0 saturated carbocycles. The molecule has 138 valence electrons. The number of likely N-dealkylation sites (tertiary alicyclic amines) is 1. The second-order valence-electron chi connectivity index (χ2n) is 6.81. The molecule has 1 atom stereocenters. The van der Waals surface area contributed by atoms with E-state index in [1.165, 1.54) is 12.1 Å². The summed E-state index contributed by atoms with van der Waals surface area (Å²) in [4.78, 5) is 19.1. The van der Waals surface area contributed by atoms with Crippen molar-refractivity contribution in [3.63, 3.8) is 0 Å².